The standard InChI is InChI=1S/C38H51N5O3S/c1-3-5-6-7-8-9-10-11-12-13-14-16-22-29(21-4-2)35-31-25-19-20-26-32(31)36(46)38(35,42-33(44)27-28-34(42)45)47-37-39-40-41-43(37)30-23-17-15-18-24-30/h15,17-20,23-26,29,35H,3-14,16,21-22,27-28H2,1-2H3. The Labute approximate surface area is 284 Å². The quantitative estimate of drug-likeness (QED) is 0.0883. The Balaban J connectivity index is 1.38. The predicted molar refractivity (Wildman–Crippen MR) is 186 cm³/mol. The maximum atomic E-state index is 14.8. The van der Waals surface area contributed by atoms with Gasteiger partial charge in [0.2, 0.25) is 22.8 Å². The zero-order chi connectivity index (χ0) is 33.1. The second-order valence-corrected chi connectivity index (χ2v) is 14.4. The maximum Gasteiger partial charge on any atom is 0.231 e. The van der Waals surface area contributed by atoms with Gasteiger partial charge in [0.25, 0.3) is 0 Å². The van der Waals surface area contributed by atoms with Crippen LogP contribution >= 0.6 is 11.8 Å². The molecule has 0 saturated carbocycles. The van der Waals surface area contributed by atoms with Gasteiger partial charge in [-0.3, -0.25) is 19.3 Å². The summed E-state index contributed by atoms with van der Waals surface area (Å²) < 4.78 is 1.60. The first-order valence-corrected chi connectivity index (χ1v) is 18.9. The molecule has 252 valence electrons. The fourth-order valence-electron chi connectivity index (χ4n) is 7.65. The number of imide groups is 1. The number of thioether (sulfide) groups is 1. The number of tetrazole rings is 1. The monoisotopic (exact) mass is 657 g/mol. The predicted octanol–water partition coefficient (Wildman–Crippen LogP) is 9.09. The molecule has 2 heterocycles. The normalized spacial score (nSPS) is 19.9. The molecule has 1 fully saturated rings. The molecule has 2 amide bonds. The SMILES string of the molecule is CCCCCCCCCCCCCCC(CCC)C1c2ccccc2C(=O)C1(Sc1nnnn1-c1ccccc1)N1C(=O)CCC1=O. The molecule has 9 heteroatoms. The number of Topliss-reactive ketones (excluding diaryl/α,β-unsaturated/α-hetero) is 1. The Morgan fingerprint density at radius 1 is 0.745 bits per heavy atom. The Hall–Kier alpha value is -3.33. The second kappa shape index (κ2) is 17.2. The molecule has 0 spiro atoms. The Bertz CT molecular complexity index is 1460. The van der Waals surface area contributed by atoms with Crippen LogP contribution in [0.2, 0.25) is 0 Å². The van der Waals surface area contributed by atoms with Gasteiger partial charge in [-0.05, 0) is 58.6 Å². The fraction of sp³-hybridized carbons (Fsp3) is 0.579. The minimum atomic E-state index is -1.49. The lowest BCUT2D eigenvalue weighted by Crippen LogP contribution is -2.56. The number of carbonyl (C=O) groups excluding carboxylic acids is 3. The minimum absolute atomic E-state index is 0.102. The number of hydrogen-bond donors (Lipinski definition) is 0. The molecular formula is C38H51N5O3S. The Morgan fingerprint density at radius 2 is 1.34 bits per heavy atom. The number of benzene rings is 2. The van der Waals surface area contributed by atoms with E-state index in [1.165, 1.54) is 80.9 Å². The van der Waals surface area contributed by atoms with Crippen LogP contribution in [0.4, 0.5) is 0 Å². The van der Waals surface area contributed by atoms with Crippen molar-refractivity contribution in [3.63, 3.8) is 0 Å². The van der Waals surface area contributed by atoms with Crippen LogP contribution < -0.4 is 0 Å². The van der Waals surface area contributed by atoms with Crippen molar-refractivity contribution in [2.24, 2.45) is 5.92 Å². The first kappa shape index (κ1) is 35.0. The number of carbonyl (C=O) groups is 3. The van der Waals surface area contributed by atoms with Crippen LogP contribution in [0.3, 0.4) is 0 Å². The number of amides is 2. The van der Waals surface area contributed by atoms with Crippen LogP contribution in [0.1, 0.15) is 145 Å². The summed E-state index contributed by atoms with van der Waals surface area (Å²) in [4.78, 5) is 41.9. The molecule has 0 N–H and O–H groups in total. The van der Waals surface area contributed by atoms with E-state index in [-0.39, 0.29) is 42.3 Å². The van der Waals surface area contributed by atoms with Crippen LogP contribution in [0, 0.1) is 5.92 Å². The van der Waals surface area contributed by atoms with E-state index >= 15 is 0 Å². The number of unbranched alkanes of at least 4 members (excludes halogenated alkanes) is 11. The van der Waals surface area contributed by atoms with Gasteiger partial charge in [-0.2, -0.15) is 4.68 Å². The first-order valence-electron chi connectivity index (χ1n) is 18.0. The molecule has 0 bridgehead atoms. The largest absolute Gasteiger partial charge is 0.290 e. The fourth-order valence-corrected chi connectivity index (χ4v) is 9.17. The third-order valence-corrected chi connectivity index (χ3v) is 11.3. The summed E-state index contributed by atoms with van der Waals surface area (Å²) in [6.07, 6.45) is 18.4. The van der Waals surface area contributed by atoms with Crippen molar-refractivity contribution >= 4 is 29.4 Å². The molecule has 1 aliphatic heterocycles. The van der Waals surface area contributed by atoms with Crippen LogP contribution in [0.5, 0.6) is 0 Å². The average molecular weight is 658 g/mol. The van der Waals surface area contributed by atoms with Crippen molar-refractivity contribution < 1.29 is 14.4 Å². The average Bonchev–Trinajstić information content (AvgIpc) is 3.76. The van der Waals surface area contributed by atoms with E-state index in [0.717, 1.165) is 43.4 Å². The molecule has 3 atom stereocenters. The van der Waals surface area contributed by atoms with Gasteiger partial charge in [0.05, 0.1) is 5.69 Å². The molecule has 1 aliphatic carbocycles. The van der Waals surface area contributed by atoms with Gasteiger partial charge in [0.1, 0.15) is 0 Å². The summed E-state index contributed by atoms with van der Waals surface area (Å²) >= 11 is 1.18. The van der Waals surface area contributed by atoms with Crippen molar-refractivity contribution in [1.82, 2.24) is 25.1 Å². The van der Waals surface area contributed by atoms with E-state index in [9.17, 15) is 14.4 Å². The highest BCUT2D eigenvalue weighted by atomic mass is 32.2. The van der Waals surface area contributed by atoms with E-state index in [1.54, 1.807) is 4.68 Å². The van der Waals surface area contributed by atoms with Crippen LogP contribution in [0.25, 0.3) is 5.69 Å². The molecule has 47 heavy (non-hydrogen) atoms. The minimum Gasteiger partial charge on any atom is -0.290 e. The van der Waals surface area contributed by atoms with Crippen LogP contribution in [-0.2, 0) is 9.59 Å². The number of ketones is 1. The molecule has 0 radical (unpaired) electrons. The number of fused-ring (bicyclic) bond motifs is 1. The molecule has 2 aliphatic rings. The number of para-hydroxylation sites is 1. The summed E-state index contributed by atoms with van der Waals surface area (Å²) in [6, 6.07) is 17.2. The summed E-state index contributed by atoms with van der Waals surface area (Å²) in [6.45, 7) is 4.44. The number of nitrogens with zero attached hydrogens (tertiary/aromatic N) is 5. The molecule has 3 unspecified atom stereocenters. The van der Waals surface area contributed by atoms with Gasteiger partial charge in [0.15, 0.2) is 4.87 Å². The van der Waals surface area contributed by atoms with Gasteiger partial charge >= 0.3 is 0 Å². The van der Waals surface area contributed by atoms with E-state index in [2.05, 4.69) is 29.4 Å². The molecule has 1 saturated heterocycles. The molecule has 3 aromatic rings. The molecule has 1 aromatic heterocycles. The number of rotatable bonds is 20. The smallest absolute Gasteiger partial charge is 0.231 e. The highest BCUT2D eigenvalue weighted by Crippen LogP contribution is 2.58. The molecule has 2 aromatic carbocycles. The highest BCUT2D eigenvalue weighted by molar-refractivity contribution is 8.01. The van der Waals surface area contributed by atoms with E-state index in [4.69, 9.17) is 0 Å². The number of aromatic nitrogens is 4. The Morgan fingerprint density at radius 3 is 1.98 bits per heavy atom. The maximum absolute atomic E-state index is 14.8. The third-order valence-electron chi connectivity index (χ3n) is 9.92. The van der Waals surface area contributed by atoms with Gasteiger partial charge < -0.3 is 0 Å². The van der Waals surface area contributed by atoms with E-state index in [1.807, 2.05) is 54.6 Å². The van der Waals surface area contributed by atoms with Crippen LogP contribution in [-0.4, -0.2) is 47.6 Å². The highest BCUT2D eigenvalue weighted by Gasteiger charge is 2.64. The van der Waals surface area contributed by atoms with Gasteiger partial charge in [-0.1, -0.05) is 140 Å². The van der Waals surface area contributed by atoms with Gasteiger partial charge in [-0.15, -0.1) is 5.10 Å². The van der Waals surface area contributed by atoms with Crippen molar-refractivity contribution in [3.8, 4) is 5.69 Å². The summed E-state index contributed by atoms with van der Waals surface area (Å²) in [5.74, 6) is -1.06. The molecule has 5 rings (SSSR count). The topological polar surface area (TPSA) is 98.1 Å². The van der Waals surface area contributed by atoms with Crippen molar-refractivity contribution in [2.45, 2.75) is 139 Å². The van der Waals surface area contributed by atoms with Crippen molar-refractivity contribution in [2.75, 3.05) is 0 Å². The summed E-state index contributed by atoms with van der Waals surface area (Å²) in [5, 5.41) is 13.0. The van der Waals surface area contributed by atoms with E-state index in [0.29, 0.717) is 10.7 Å². The van der Waals surface area contributed by atoms with Crippen molar-refractivity contribution in [3.05, 3.63) is 65.7 Å². The zero-order valence-corrected chi connectivity index (χ0v) is 29.1. The van der Waals surface area contributed by atoms with Crippen LogP contribution in [0.15, 0.2) is 59.8 Å². The zero-order valence-electron chi connectivity index (χ0n) is 28.2. The van der Waals surface area contributed by atoms with E-state index < -0.39 is 4.87 Å². The first-order chi connectivity index (χ1) is 23.0. The number of hydrogen-bond acceptors (Lipinski definition) is 7. The van der Waals surface area contributed by atoms with Crippen molar-refractivity contribution in [1.29, 1.82) is 0 Å². The molecule has 8 nitrogen and oxygen atoms in total. The van der Waals surface area contributed by atoms with Gasteiger partial charge in [-0.25, -0.2) is 0 Å². The second-order valence-electron chi connectivity index (χ2n) is 13.3. The summed E-state index contributed by atoms with van der Waals surface area (Å²) in [7, 11) is 0. The van der Waals surface area contributed by atoms with Gasteiger partial charge in [0, 0.05) is 24.3 Å². The third kappa shape index (κ3) is 7.87. The lowest BCUT2D eigenvalue weighted by Gasteiger charge is -2.43. The lowest BCUT2D eigenvalue weighted by molar-refractivity contribution is -0.142. The molecular weight excluding hydrogens is 607 g/mol. The Kier molecular flexibility index (Phi) is 12.8. The summed E-state index contributed by atoms with van der Waals surface area (Å²) in [5.41, 5.74) is 2.26. The lowest BCUT2D eigenvalue weighted by atomic mass is 9.78. The number of likely N-dealkylation sites (tertiary alicyclic amines) is 1.